The van der Waals surface area contributed by atoms with Crippen LogP contribution in [0.15, 0.2) is 0 Å². The molecule has 0 rings (SSSR count). The van der Waals surface area contributed by atoms with E-state index in [-0.39, 0.29) is 12.1 Å². The van der Waals surface area contributed by atoms with Crippen molar-refractivity contribution in [3.63, 3.8) is 0 Å². The van der Waals surface area contributed by atoms with Crippen molar-refractivity contribution in [2.24, 2.45) is 11.5 Å². The molecule has 4 heteroatoms. The van der Waals surface area contributed by atoms with Crippen LogP contribution in [0.1, 0.15) is 12.8 Å². The Kier molecular flexibility index (Phi) is 7.39. The summed E-state index contributed by atoms with van der Waals surface area (Å²) in [5, 5.41) is 0. The zero-order valence-electron chi connectivity index (χ0n) is 7.95. The van der Waals surface area contributed by atoms with E-state index in [2.05, 4.69) is 0 Å². The third kappa shape index (κ3) is 5.49. The van der Waals surface area contributed by atoms with Gasteiger partial charge in [-0.05, 0) is 12.8 Å². The molecule has 12 heavy (non-hydrogen) atoms. The first-order chi connectivity index (χ1) is 5.72. The quantitative estimate of drug-likeness (QED) is 0.559. The van der Waals surface area contributed by atoms with Crippen molar-refractivity contribution in [1.29, 1.82) is 0 Å². The molecule has 0 fully saturated rings. The van der Waals surface area contributed by atoms with Gasteiger partial charge in [0, 0.05) is 39.5 Å². The van der Waals surface area contributed by atoms with E-state index in [1.165, 1.54) is 0 Å². The summed E-state index contributed by atoms with van der Waals surface area (Å²) in [7, 11) is 3.32. The highest BCUT2D eigenvalue weighted by molar-refractivity contribution is 4.75. The first-order valence-corrected chi connectivity index (χ1v) is 4.21. The minimum atomic E-state index is 0.0140. The van der Waals surface area contributed by atoms with Gasteiger partial charge in [-0.25, -0.2) is 0 Å². The van der Waals surface area contributed by atoms with Crippen molar-refractivity contribution in [1.82, 2.24) is 0 Å². The molecule has 0 spiro atoms. The predicted molar refractivity (Wildman–Crippen MR) is 48.9 cm³/mol. The number of ether oxygens (including phenoxy) is 2. The van der Waals surface area contributed by atoms with Gasteiger partial charge in [0.15, 0.2) is 0 Å². The van der Waals surface area contributed by atoms with E-state index in [9.17, 15) is 0 Å². The van der Waals surface area contributed by atoms with Gasteiger partial charge in [0.25, 0.3) is 0 Å². The molecule has 0 amide bonds. The highest BCUT2D eigenvalue weighted by atomic mass is 16.5. The molecule has 0 aromatic heterocycles. The minimum Gasteiger partial charge on any atom is -0.385 e. The van der Waals surface area contributed by atoms with Crippen molar-refractivity contribution in [3.05, 3.63) is 0 Å². The van der Waals surface area contributed by atoms with Crippen LogP contribution in [-0.2, 0) is 9.47 Å². The summed E-state index contributed by atoms with van der Waals surface area (Å²) in [6, 6.07) is 0.0280. The molecule has 0 saturated heterocycles. The van der Waals surface area contributed by atoms with Gasteiger partial charge < -0.3 is 20.9 Å². The molecule has 2 unspecified atom stereocenters. The highest BCUT2D eigenvalue weighted by Gasteiger charge is 2.11. The molecule has 0 aromatic carbocycles. The topological polar surface area (TPSA) is 70.5 Å². The standard InChI is InChI=1S/C8H20N2O2/c1-11-5-3-7(9)8(10)4-6-12-2/h7-8H,3-6,9-10H2,1-2H3. The summed E-state index contributed by atoms with van der Waals surface area (Å²) < 4.78 is 9.80. The summed E-state index contributed by atoms with van der Waals surface area (Å²) in [4.78, 5) is 0. The van der Waals surface area contributed by atoms with Crippen molar-refractivity contribution < 1.29 is 9.47 Å². The third-order valence-electron chi connectivity index (χ3n) is 1.86. The van der Waals surface area contributed by atoms with Gasteiger partial charge in [0.05, 0.1) is 0 Å². The lowest BCUT2D eigenvalue weighted by Crippen LogP contribution is -2.42. The first-order valence-electron chi connectivity index (χ1n) is 4.21. The second kappa shape index (κ2) is 7.49. The van der Waals surface area contributed by atoms with Crippen LogP contribution in [0, 0.1) is 0 Å². The van der Waals surface area contributed by atoms with Gasteiger partial charge in [-0.3, -0.25) is 0 Å². The van der Waals surface area contributed by atoms with Gasteiger partial charge in [0.2, 0.25) is 0 Å². The van der Waals surface area contributed by atoms with Crippen LogP contribution in [0.25, 0.3) is 0 Å². The fraction of sp³-hybridized carbons (Fsp3) is 1.00. The Morgan fingerprint density at radius 1 is 0.917 bits per heavy atom. The lowest BCUT2D eigenvalue weighted by Gasteiger charge is -2.18. The van der Waals surface area contributed by atoms with E-state index in [1.54, 1.807) is 14.2 Å². The van der Waals surface area contributed by atoms with Gasteiger partial charge in [-0.1, -0.05) is 0 Å². The molecule has 74 valence electrons. The van der Waals surface area contributed by atoms with Gasteiger partial charge in [-0.15, -0.1) is 0 Å². The zero-order chi connectivity index (χ0) is 9.40. The largest absolute Gasteiger partial charge is 0.385 e. The Morgan fingerprint density at radius 3 is 1.50 bits per heavy atom. The Labute approximate surface area is 74.2 Å². The average molecular weight is 176 g/mol. The molecular formula is C8H20N2O2. The maximum atomic E-state index is 5.78. The lowest BCUT2D eigenvalue weighted by molar-refractivity contribution is 0.167. The van der Waals surface area contributed by atoms with E-state index >= 15 is 0 Å². The SMILES string of the molecule is COCCC(N)C(N)CCOC. The maximum absolute atomic E-state index is 5.78. The van der Waals surface area contributed by atoms with Gasteiger partial charge >= 0.3 is 0 Å². The number of nitrogens with two attached hydrogens (primary N) is 2. The van der Waals surface area contributed by atoms with E-state index in [4.69, 9.17) is 20.9 Å². The number of methoxy groups -OCH3 is 2. The Bertz CT molecular complexity index is 89.1. The molecular weight excluding hydrogens is 156 g/mol. The van der Waals surface area contributed by atoms with Crippen LogP contribution < -0.4 is 11.5 Å². The molecule has 2 atom stereocenters. The molecule has 4 N–H and O–H groups in total. The number of hydrogen-bond donors (Lipinski definition) is 2. The summed E-state index contributed by atoms with van der Waals surface area (Å²) in [5.41, 5.74) is 11.6. The Morgan fingerprint density at radius 2 is 1.25 bits per heavy atom. The molecule has 0 bridgehead atoms. The average Bonchev–Trinajstić information content (AvgIpc) is 2.10. The summed E-state index contributed by atoms with van der Waals surface area (Å²) >= 11 is 0. The van der Waals surface area contributed by atoms with Crippen LogP contribution in [0.3, 0.4) is 0 Å². The first kappa shape index (κ1) is 11.8. The molecule has 0 aliphatic rings. The lowest BCUT2D eigenvalue weighted by atomic mass is 10.0. The second-order valence-electron chi connectivity index (χ2n) is 2.89. The van der Waals surface area contributed by atoms with Crippen LogP contribution in [-0.4, -0.2) is 39.5 Å². The molecule has 0 saturated carbocycles. The van der Waals surface area contributed by atoms with Crippen molar-refractivity contribution in [2.75, 3.05) is 27.4 Å². The summed E-state index contributed by atoms with van der Waals surface area (Å²) in [6.07, 6.45) is 1.61. The Balaban J connectivity index is 3.39. The number of hydrogen-bond acceptors (Lipinski definition) is 4. The fourth-order valence-electron chi connectivity index (χ4n) is 0.936. The van der Waals surface area contributed by atoms with Gasteiger partial charge in [-0.2, -0.15) is 0 Å². The van der Waals surface area contributed by atoms with Crippen LogP contribution in [0.4, 0.5) is 0 Å². The summed E-state index contributed by atoms with van der Waals surface area (Å²) in [5.74, 6) is 0. The van der Waals surface area contributed by atoms with Crippen molar-refractivity contribution in [3.8, 4) is 0 Å². The van der Waals surface area contributed by atoms with Crippen molar-refractivity contribution >= 4 is 0 Å². The van der Waals surface area contributed by atoms with Crippen LogP contribution in [0.5, 0.6) is 0 Å². The van der Waals surface area contributed by atoms with Crippen molar-refractivity contribution in [2.45, 2.75) is 24.9 Å². The monoisotopic (exact) mass is 176 g/mol. The smallest absolute Gasteiger partial charge is 0.0477 e. The summed E-state index contributed by atoms with van der Waals surface area (Å²) in [6.45, 7) is 1.34. The van der Waals surface area contributed by atoms with Gasteiger partial charge in [0.1, 0.15) is 0 Å². The fourth-order valence-corrected chi connectivity index (χ4v) is 0.936. The van der Waals surface area contributed by atoms with E-state index in [1.807, 2.05) is 0 Å². The van der Waals surface area contributed by atoms with E-state index in [0.717, 1.165) is 12.8 Å². The number of rotatable bonds is 7. The minimum absolute atomic E-state index is 0.0140. The molecule has 4 nitrogen and oxygen atoms in total. The molecule has 0 radical (unpaired) electrons. The molecule has 0 aliphatic heterocycles. The van der Waals surface area contributed by atoms with Crippen LogP contribution >= 0.6 is 0 Å². The predicted octanol–water partition coefficient (Wildman–Crippen LogP) is -0.286. The molecule has 0 aliphatic carbocycles. The zero-order valence-corrected chi connectivity index (χ0v) is 7.95. The maximum Gasteiger partial charge on any atom is 0.0477 e. The van der Waals surface area contributed by atoms with Crippen LogP contribution in [0.2, 0.25) is 0 Å². The Hall–Kier alpha value is -0.160. The van der Waals surface area contributed by atoms with E-state index in [0.29, 0.717) is 13.2 Å². The molecule has 0 heterocycles. The highest BCUT2D eigenvalue weighted by Crippen LogP contribution is 1.98. The normalized spacial score (nSPS) is 16.0. The second-order valence-corrected chi connectivity index (χ2v) is 2.89. The molecule has 0 aromatic rings. The van der Waals surface area contributed by atoms with E-state index < -0.39 is 0 Å². The third-order valence-corrected chi connectivity index (χ3v) is 1.86.